The maximum absolute atomic E-state index is 11.7. The number of hydrogen-bond acceptors (Lipinski definition) is 2. The van der Waals surface area contributed by atoms with E-state index in [0.717, 1.165) is 63.0 Å². The predicted octanol–water partition coefficient (Wildman–Crippen LogP) is 5.25. The molecule has 1 aliphatic rings. The molecule has 4 heteroatoms. The topological polar surface area (TPSA) is 46.9 Å². The fourth-order valence-corrected chi connectivity index (χ4v) is 4.40. The molecule has 4 nitrogen and oxygen atoms in total. The molecule has 0 unspecified atom stereocenters. The highest BCUT2D eigenvalue weighted by Crippen LogP contribution is 2.28. The van der Waals surface area contributed by atoms with Gasteiger partial charge in [0.2, 0.25) is 5.91 Å². The first-order valence-corrected chi connectivity index (χ1v) is 11.3. The van der Waals surface area contributed by atoms with Crippen LogP contribution in [0, 0.1) is 26.7 Å². The number of fused-ring (bicyclic) bond motifs is 1. The number of benzene rings is 2. The number of unbranched alkanes of at least 4 members (excludes halogenated alkanes) is 2. The van der Waals surface area contributed by atoms with Crippen LogP contribution in [0.2, 0.25) is 0 Å². The molecule has 158 valence electrons. The van der Waals surface area contributed by atoms with Gasteiger partial charge in [-0.2, -0.15) is 0 Å². The summed E-state index contributed by atoms with van der Waals surface area (Å²) in [4.78, 5) is 16.7. The standard InChI is InChI=1S/C26H33N3O/c1-18-15-19(2)22(20(3)16-18)17-29-24-10-7-6-9-23(24)28-25(29)11-5-4-8-14-27-26(30)21-12-13-21/h6-7,9-10,15-16,21H,4-5,8,11-14,17H2,1-3H3,(H,27,30). The van der Waals surface area contributed by atoms with E-state index in [1.165, 1.54) is 27.8 Å². The fraction of sp³-hybridized carbons (Fsp3) is 0.462. The molecule has 1 fully saturated rings. The first-order chi connectivity index (χ1) is 14.5. The SMILES string of the molecule is Cc1cc(C)c(Cn2c(CCCCCNC(=O)C3CC3)nc3ccccc32)c(C)c1. The molecule has 0 bridgehead atoms. The Labute approximate surface area is 179 Å². The summed E-state index contributed by atoms with van der Waals surface area (Å²) in [5.41, 5.74) is 7.70. The second-order valence-electron chi connectivity index (χ2n) is 8.86. The van der Waals surface area contributed by atoms with Crippen LogP contribution >= 0.6 is 0 Å². The molecule has 0 atom stereocenters. The predicted molar refractivity (Wildman–Crippen MR) is 123 cm³/mol. The van der Waals surface area contributed by atoms with Crippen molar-refractivity contribution < 1.29 is 4.79 Å². The Hall–Kier alpha value is -2.62. The number of para-hydroxylation sites is 2. The zero-order chi connectivity index (χ0) is 21.1. The van der Waals surface area contributed by atoms with Crippen molar-refractivity contribution in [2.24, 2.45) is 5.92 Å². The molecule has 1 amide bonds. The van der Waals surface area contributed by atoms with Crippen LogP contribution in [0.4, 0.5) is 0 Å². The smallest absolute Gasteiger partial charge is 0.223 e. The van der Waals surface area contributed by atoms with Crippen LogP contribution in [-0.4, -0.2) is 22.0 Å². The van der Waals surface area contributed by atoms with Crippen LogP contribution in [0.25, 0.3) is 11.0 Å². The number of hydrogen-bond donors (Lipinski definition) is 1. The number of aryl methyl sites for hydroxylation is 4. The Morgan fingerprint density at radius 1 is 1.07 bits per heavy atom. The molecular formula is C26H33N3O. The van der Waals surface area contributed by atoms with Crippen molar-refractivity contribution in [1.29, 1.82) is 0 Å². The molecule has 2 aromatic carbocycles. The van der Waals surface area contributed by atoms with Gasteiger partial charge in [-0.3, -0.25) is 4.79 Å². The second-order valence-corrected chi connectivity index (χ2v) is 8.86. The first-order valence-electron chi connectivity index (χ1n) is 11.3. The molecule has 3 aromatic rings. The van der Waals surface area contributed by atoms with Crippen molar-refractivity contribution in [3.63, 3.8) is 0 Å². The number of amides is 1. The lowest BCUT2D eigenvalue weighted by atomic mass is 9.99. The number of carbonyl (C=O) groups excluding carboxylic acids is 1. The summed E-state index contributed by atoms with van der Waals surface area (Å²) >= 11 is 0. The number of imidazole rings is 1. The van der Waals surface area contributed by atoms with Gasteiger partial charge in [-0.1, -0.05) is 36.2 Å². The van der Waals surface area contributed by atoms with Gasteiger partial charge in [-0.25, -0.2) is 4.98 Å². The average Bonchev–Trinajstić information content (AvgIpc) is 3.50. The number of aromatic nitrogens is 2. The minimum absolute atomic E-state index is 0.251. The molecule has 1 aliphatic carbocycles. The van der Waals surface area contributed by atoms with E-state index in [1.807, 2.05) is 0 Å². The third-order valence-electron chi connectivity index (χ3n) is 6.21. The van der Waals surface area contributed by atoms with E-state index in [0.29, 0.717) is 5.92 Å². The number of carbonyl (C=O) groups is 1. The van der Waals surface area contributed by atoms with Crippen LogP contribution in [0.1, 0.15) is 60.2 Å². The van der Waals surface area contributed by atoms with Crippen molar-refractivity contribution in [1.82, 2.24) is 14.9 Å². The zero-order valence-electron chi connectivity index (χ0n) is 18.5. The van der Waals surface area contributed by atoms with Gasteiger partial charge in [-0.15, -0.1) is 0 Å². The zero-order valence-corrected chi connectivity index (χ0v) is 18.5. The van der Waals surface area contributed by atoms with Crippen molar-refractivity contribution in [2.45, 2.75) is 65.8 Å². The molecule has 1 heterocycles. The molecule has 1 saturated carbocycles. The molecular weight excluding hydrogens is 370 g/mol. The monoisotopic (exact) mass is 403 g/mol. The summed E-state index contributed by atoms with van der Waals surface area (Å²) in [5.74, 6) is 1.72. The molecule has 4 rings (SSSR count). The summed E-state index contributed by atoms with van der Waals surface area (Å²) in [5, 5.41) is 3.07. The fourth-order valence-electron chi connectivity index (χ4n) is 4.40. The Morgan fingerprint density at radius 2 is 1.80 bits per heavy atom. The van der Waals surface area contributed by atoms with Gasteiger partial charge in [0, 0.05) is 25.4 Å². The summed E-state index contributed by atoms with van der Waals surface area (Å²) in [7, 11) is 0. The van der Waals surface area contributed by atoms with Gasteiger partial charge in [0.1, 0.15) is 5.82 Å². The van der Waals surface area contributed by atoms with Crippen molar-refractivity contribution in [3.05, 3.63) is 64.5 Å². The molecule has 1 N–H and O–H groups in total. The maximum atomic E-state index is 11.7. The van der Waals surface area contributed by atoms with Gasteiger partial charge in [-0.05, 0) is 75.3 Å². The van der Waals surface area contributed by atoms with Crippen molar-refractivity contribution in [3.8, 4) is 0 Å². The summed E-state index contributed by atoms with van der Waals surface area (Å²) in [6, 6.07) is 13.0. The van der Waals surface area contributed by atoms with Crippen molar-refractivity contribution >= 4 is 16.9 Å². The minimum atomic E-state index is 0.251. The Balaban J connectivity index is 1.43. The summed E-state index contributed by atoms with van der Waals surface area (Å²) < 4.78 is 2.40. The minimum Gasteiger partial charge on any atom is -0.356 e. The highest BCUT2D eigenvalue weighted by molar-refractivity contribution is 5.80. The normalized spacial score (nSPS) is 13.7. The first kappa shape index (κ1) is 20.6. The third-order valence-corrected chi connectivity index (χ3v) is 6.21. The van der Waals surface area contributed by atoms with Gasteiger partial charge >= 0.3 is 0 Å². The molecule has 0 aliphatic heterocycles. The molecule has 1 aromatic heterocycles. The molecule has 0 spiro atoms. The largest absolute Gasteiger partial charge is 0.356 e. The summed E-state index contributed by atoms with van der Waals surface area (Å²) in [6.07, 6.45) is 6.35. The van der Waals surface area contributed by atoms with Crippen molar-refractivity contribution in [2.75, 3.05) is 6.54 Å². The number of nitrogens with one attached hydrogen (secondary N) is 1. The highest BCUT2D eigenvalue weighted by Gasteiger charge is 2.28. The molecule has 0 radical (unpaired) electrons. The third kappa shape index (κ3) is 4.75. The molecule has 0 saturated heterocycles. The average molecular weight is 404 g/mol. The van der Waals surface area contributed by atoms with E-state index < -0.39 is 0 Å². The quantitative estimate of drug-likeness (QED) is 0.496. The Kier molecular flexibility index (Phi) is 6.21. The number of rotatable bonds is 9. The van der Waals surface area contributed by atoms with Crippen LogP contribution in [-0.2, 0) is 17.8 Å². The van der Waals surface area contributed by atoms with Crippen LogP contribution in [0.15, 0.2) is 36.4 Å². The maximum Gasteiger partial charge on any atom is 0.223 e. The van der Waals surface area contributed by atoms with Crippen LogP contribution < -0.4 is 5.32 Å². The number of nitrogens with zero attached hydrogens (tertiary/aromatic N) is 2. The van der Waals surface area contributed by atoms with E-state index in [4.69, 9.17) is 4.98 Å². The molecule has 30 heavy (non-hydrogen) atoms. The van der Waals surface area contributed by atoms with Gasteiger partial charge in [0.05, 0.1) is 11.0 Å². The van der Waals surface area contributed by atoms with Crippen LogP contribution in [0.5, 0.6) is 0 Å². The van der Waals surface area contributed by atoms with Crippen LogP contribution in [0.3, 0.4) is 0 Å². The lowest BCUT2D eigenvalue weighted by Gasteiger charge is -2.15. The van der Waals surface area contributed by atoms with Gasteiger partial charge in [0.25, 0.3) is 0 Å². The van der Waals surface area contributed by atoms with E-state index in [2.05, 4.69) is 67.1 Å². The van der Waals surface area contributed by atoms with E-state index >= 15 is 0 Å². The Bertz CT molecular complexity index is 1020. The van der Waals surface area contributed by atoms with E-state index in [-0.39, 0.29) is 5.91 Å². The van der Waals surface area contributed by atoms with Gasteiger partial charge in [0.15, 0.2) is 0 Å². The van der Waals surface area contributed by atoms with E-state index in [9.17, 15) is 4.79 Å². The van der Waals surface area contributed by atoms with Gasteiger partial charge < -0.3 is 9.88 Å². The highest BCUT2D eigenvalue weighted by atomic mass is 16.2. The second kappa shape index (κ2) is 9.03. The lowest BCUT2D eigenvalue weighted by Crippen LogP contribution is -2.25. The lowest BCUT2D eigenvalue weighted by molar-refractivity contribution is -0.122. The van der Waals surface area contributed by atoms with E-state index in [1.54, 1.807) is 0 Å². The summed E-state index contributed by atoms with van der Waals surface area (Å²) in [6.45, 7) is 8.25. The Morgan fingerprint density at radius 3 is 2.53 bits per heavy atom.